The van der Waals surface area contributed by atoms with Crippen molar-refractivity contribution in [2.75, 3.05) is 0 Å². The lowest BCUT2D eigenvalue weighted by Crippen LogP contribution is -2.66. The van der Waals surface area contributed by atoms with Crippen LogP contribution in [0.5, 0.6) is 0 Å². The van der Waals surface area contributed by atoms with E-state index in [0.29, 0.717) is 17.8 Å². The predicted octanol–water partition coefficient (Wildman–Crippen LogP) is 2.33. The molecule has 2 amide bonds. The average Bonchev–Trinajstić information content (AvgIpc) is 3.24. The van der Waals surface area contributed by atoms with E-state index in [1.807, 2.05) is 11.8 Å². The molecule has 0 radical (unpaired) electrons. The van der Waals surface area contributed by atoms with Crippen LogP contribution < -0.4 is 5.32 Å². The molecule has 1 aliphatic heterocycles. The number of carbonyl (C=O) groups is 2. The monoisotopic (exact) mass is 292 g/mol. The number of nitrogens with one attached hydrogen (secondary N) is 1. The maximum Gasteiger partial charge on any atom is 0.246 e. The first kappa shape index (κ1) is 14.9. The summed E-state index contributed by atoms with van der Waals surface area (Å²) < 4.78 is 0. The summed E-state index contributed by atoms with van der Waals surface area (Å²) in [5, 5.41) is 2.99. The molecule has 0 aromatic heterocycles. The van der Waals surface area contributed by atoms with Gasteiger partial charge in [-0.2, -0.15) is 0 Å². The van der Waals surface area contributed by atoms with E-state index < -0.39 is 0 Å². The predicted molar refractivity (Wildman–Crippen MR) is 81.5 cm³/mol. The molecule has 0 aromatic rings. The number of carbonyl (C=O) groups excluding carboxylic acids is 2. The molecule has 3 fully saturated rings. The van der Waals surface area contributed by atoms with Gasteiger partial charge in [0.05, 0.1) is 0 Å². The number of nitrogens with zero attached hydrogens (tertiary/aromatic N) is 1. The van der Waals surface area contributed by atoms with E-state index in [-0.39, 0.29) is 29.9 Å². The lowest BCUT2D eigenvalue weighted by Gasteiger charge is -2.44. The second-order valence-corrected chi connectivity index (χ2v) is 7.17. The van der Waals surface area contributed by atoms with Gasteiger partial charge < -0.3 is 10.2 Å². The van der Waals surface area contributed by atoms with Crippen LogP contribution in [0.3, 0.4) is 0 Å². The zero-order valence-electron chi connectivity index (χ0n) is 13.5. The van der Waals surface area contributed by atoms with E-state index in [0.717, 1.165) is 25.7 Å². The van der Waals surface area contributed by atoms with Crippen LogP contribution in [0.4, 0.5) is 0 Å². The summed E-state index contributed by atoms with van der Waals surface area (Å²) in [4.78, 5) is 27.4. The lowest BCUT2D eigenvalue weighted by molar-refractivity contribution is -0.154. The Morgan fingerprint density at radius 3 is 2.33 bits per heavy atom. The smallest absolute Gasteiger partial charge is 0.246 e. The molecule has 2 aliphatic carbocycles. The Bertz CT molecular complexity index is 433. The minimum absolute atomic E-state index is 0.0705. The third-order valence-corrected chi connectivity index (χ3v) is 6.00. The molecule has 0 aromatic carbocycles. The van der Waals surface area contributed by atoms with Gasteiger partial charge in [0.1, 0.15) is 12.1 Å². The van der Waals surface area contributed by atoms with Gasteiger partial charge in [-0.05, 0) is 49.9 Å². The molecule has 1 saturated heterocycles. The van der Waals surface area contributed by atoms with E-state index >= 15 is 0 Å². The van der Waals surface area contributed by atoms with Crippen LogP contribution in [0.25, 0.3) is 0 Å². The Kier molecular flexibility index (Phi) is 3.98. The summed E-state index contributed by atoms with van der Waals surface area (Å²) in [6.45, 7) is 6.52. The Hall–Kier alpha value is -1.06. The SMILES string of the molecule is CCC1CCC(N2C(=O)C(C3CC3)NC(=O)C2CC)C1C. The lowest BCUT2D eigenvalue weighted by atomic mass is 9.90. The van der Waals surface area contributed by atoms with Crippen LogP contribution in [0.15, 0.2) is 0 Å². The summed E-state index contributed by atoms with van der Waals surface area (Å²) >= 11 is 0. The first-order chi connectivity index (χ1) is 10.1. The molecule has 21 heavy (non-hydrogen) atoms. The highest BCUT2D eigenvalue weighted by atomic mass is 16.2. The Balaban J connectivity index is 1.85. The third-order valence-electron chi connectivity index (χ3n) is 6.00. The molecular weight excluding hydrogens is 264 g/mol. The average molecular weight is 292 g/mol. The fourth-order valence-corrected chi connectivity index (χ4v) is 4.47. The third kappa shape index (κ3) is 2.47. The second-order valence-electron chi connectivity index (χ2n) is 7.17. The van der Waals surface area contributed by atoms with Crippen LogP contribution in [0, 0.1) is 17.8 Å². The Morgan fingerprint density at radius 2 is 1.81 bits per heavy atom. The summed E-state index contributed by atoms with van der Waals surface area (Å²) in [7, 11) is 0. The fourth-order valence-electron chi connectivity index (χ4n) is 4.47. The number of piperazine rings is 1. The Morgan fingerprint density at radius 1 is 1.10 bits per heavy atom. The number of rotatable bonds is 4. The maximum atomic E-state index is 13.0. The van der Waals surface area contributed by atoms with Gasteiger partial charge in [0.15, 0.2) is 0 Å². The highest BCUT2D eigenvalue weighted by molar-refractivity contribution is 5.97. The molecule has 1 heterocycles. The van der Waals surface area contributed by atoms with Crippen molar-refractivity contribution in [2.24, 2.45) is 17.8 Å². The zero-order valence-corrected chi connectivity index (χ0v) is 13.5. The normalized spacial score (nSPS) is 40.5. The van der Waals surface area contributed by atoms with Crippen LogP contribution in [0.2, 0.25) is 0 Å². The summed E-state index contributed by atoms with van der Waals surface area (Å²) in [6.07, 6.45) is 6.31. The molecule has 3 rings (SSSR count). The van der Waals surface area contributed by atoms with Crippen LogP contribution in [-0.4, -0.2) is 34.8 Å². The minimum Gasteiger partial charge on any atom is -0.342 e. The van der Waals surface area contributed by atoms with E-state index in [2.05, 4.69) is 19.2 Å². The molecule has 1 N–H and O–H groups in total. The summed E-state index contributed by atoms with van der Waals surface area (Å²) in [6, 6.07) is -0.233. The van der Waals surface area contributed by atoms with E-state index in [4.69, 9.17) is 0 Å². The molecule has 5 unspecified atom stereocenters. The van der Waals surface area contributed by atoms with Crippen LogP contribution in [-0.2, 0) is 9.59 Å². The summed E-state index contributed by atoms with van der Waals surface area (Å²) in [5.41, 5.74) is 0. The van der Waals surface area contributed by atoms with Crippen molar-refractivity contribution in [3.05, 3.63) is 0 Å². The van der Waals surface area contributed by atoms with Gasteiger partial charge in [-0.3, -0.25) is 9.59 Å². The van der Waals surface area contributed by atoms with Crippen molar-refractivity contribution in [1.29, 1.82) is 0 Å². The first-order valence-corrected chi connectivity index (χ1v) is 8.71. The Labute approximate surface area is 127 Å². The van der Waals surface area contributed by atoms with E-state index in [9.17, 15) is 9.59 Å². The standard InChI is InChI=1S/C17H28N2O2/c1-4-11-8-9-14(10(11)3)19-13(5-2)16(20)18-15(17(19)21)12-6-7-12/h10-15H,4-9H2,1-3H3,(H,18,20). The molecule has 4 heteroatoms. The quantitative estimate of drug-likeness (QED) is 0.864. The van der Waals surface area contributed by atoms with Crippen molar-refractivity contribution in [3.63, 3.8) is 0 Å². The van der Waals surface area contributed by atoms with Crippen LogP contribution >= 0.6 is 0 Å². The van der Waals surface area contributed by atoms with E-state index in [1.165, 1.54) is 12.8 Å². The topological polar surface area (TPSA) is 49.4 Å². The van der Waals surface area contributed by atoms with Gasteiger partial charge in [0.25, 0.3) is 0 Å². The fraction of sp³-hybridized carbons (Fsp3) is 0.882. The summed E-state index contributed by atoms with van der Waals surface area (Å²) in [5.74, 6) is 1.86. The molecule has 4 nitrogen and oxygen atoms in total. The van der Waals surface area contributed by atoms with Gasteiger partial charge in [-0.1, -0.05) is 27.2 Å². The van der Waals surface area contributed by atoms with Gasteiger partial charge in [-0.25, -0.2) is 0 Å². The van der Waals surface area contributed by atoms with Crippen molar-refractivity contribution in [1.82, 2.24) is 10.2 Å². The molecule has 118 valence electrons. The first-order valence-electron chi connectivity index (χ1n) is 8.71. The van der Waals surface area contributed by atoms with Crippen molar-refractivity contribution < 1.29 is 9.59 Å². The van der Waals surface area contributed by atoms with Crippen molar-refractivity contribution in [3.8, 4) is 0 Å². The minimum atomic E-state index is -0.254. The van der Waals surface area contributed by atoms with E-state index in [1.54, 1.807) is 0 Å². The highest BCUT2D eigenvalue weighted by Crippen LogP contribution is 2.41. The highest BCUT2D eigenvalue weighted by Gasteiger charge is 2.50. The molecule has 0 bridgehead atoms. The zero-order chi connectivity index (χ0) is 15.1. The van der Waals surface area contributed by atoms with Gasteiger partial charge >= 0.3 is 0 Å². The largest absolute Gasteiger partial charge is 0.342 e. The number of amides is 2. The van der Waals surface area contributed by atoms with Crippen molar-refractivity contribution >= 4 is 11.8 Å². The molecular formula is C17H28N2O2. The second kappa shape index (κ2) is 5.62. The molecule has 5 atom stereocenters. The number of hydrogen-bond donors (Lipinski definition) is 1. The number of hydrogen-bond acceptors (Lipinski definition) is 2. The molecule has 0 spiro atoms. The van der Waals surface area contributed by atoms with Gasteiger partial charge in [-0.15, -0.1) is 0 Å². The maximum absolute atomic E-state index is 13.0. The molecule has 3 aliphatic rings. The van der Waals surface area contributed by atoms with Gasteiger partial charge in [0, 0.05) is 6.04 Å². The molecule has 2 saturated carbocycles. The van der Waals surface area contributed by atoms with Crippen LogP contribution in [0.1, 0.15) is 59.3 Å². The van der Waals surface area contributed by atoms with Crippen molar-refractivity contribution in [2.45, 2.75) is 77.4 Å². The van der Waals surface area contributed by atoms with Gasteiger partial charge in [0.2, 0.25) is 11.8 Å².